The second kappa shape index (κ2) is 10.6. The third-order valence-electron chi connectivity index (χ3n) is 5.36. The van der Waals surface area contributed by atoms with Crippen LogP contribution in [0.15, 0.2) is 29.3 Å². The number of amides is 1. The van der Waals surface area contributed by atoms with E-state index in [9.17, 15) is 4.79 Å². The summed E-state index contributed by atoms with van der Waals surface area (Å²) in [7, 11) is 3.71. The highest BCUT2D eigenvalue weighted by atomic mass is 127. The number of carbonyl (C=O) groups excluding carboxylic acids is 1. The highest BCUT2D eigenvalue weighted by molar-refractivity contribution is 14.0. The number of hydrogen-bond acceptors (Lipinski definition) is 3. The van der Waals surface area contributed by atoms with Crippen molar-refractivity contribution in [2.45, 2.75) is 39.7 Å². The molecule has 158 valence electrons. The van der Waals surface area contributed by atoms with Crippen LogP contribution in [0.2, 0.25) is 0 Å². The van der Waals surface area contributed by atoms with Gasteiger partial charge in [0.15, 0.2) is 5.96 Å². The summed E-state index contributed by atoms with van der Waals surface area (Å²) in [6.07, 6.45) is 2.24. The largest absolute Gasteiger partial charge is 0.356 e. The highest BCUT2D eigenvalue weighted by Crippen LogP contribution is 2.27. The van der Waals surface area contributed by atoms with Gasteiger partial charge in [0.2, 0.25) is 5.91 Å². The van der Waals surface area contributed by atoms with E-state index >= 15 is 0 Å². The summed E-state index contributed by atoms with van der Waals surface area (Å²) in [5.74, 6) is 0.929. The molecular formula is C21H31IN6O. The van der Waals surface area contributed by atoms with Crippen LogP contribution in [-0.4, -0.2) is 41.8 Å². The Morgan fingerprint density at radius 2 is 2.00 bits per heavy atom. The molecule has 0 atom stereocenters. The van der Waals surface area contributed by atoms with Gasteiger partial charge < -0.3 is 15.5 Å². The standard InChI is InChI=1S/C21H30N6O.HI/c1-15-18(16(2)26(4)25-15)14-24-21(22-3)23-12-7-10-20(28)27-13-11-17-8-5-6-9-19(17)27;/h5-6,8-9H,7,10-14H2,1-4H3,(H2,22,23,24);1H. The maximum atomic E-state index is 12.6. The molecular weight excluding hydrogens is 479 g/mol. The summed E-state index contributed by atoms with van der Waals surface area (Å²) < 4.78 is 1.89. The summed E-state index contributed by atoms with van der Waals surface area (Å²) in [4.78, 5) is 18.7. The summed E-state index contributed by atoms with van der Waals surface area (Å²) in [5, 5.41) is 11.1. The molecule has 0 spiro atoms. The van der Waals surface area contributed by atoms with Crippen LogP contribution in [0.5, 0.6) is 0 Å². The van der Waals surface area contributed by atoms with E-state index in [2.05, 4.69) is 33.7 Å². The zero-order chi connectivity index (χ0) is 20.1. The van der Waals surface area contributed by atoms with E-state index in [4.69, 9.17) is 0 Å². The van der Waals surface area contributed by atoms with Gasteiger partial charge in [0.1, 0.15) is 0 Å². The molecule has 0 aliphatic carbocycles. The van der Waals surface area contributed by atoms with E-state index in [1.54, 1.807) is 7.05 Å². The van der Waals surface area contributed by atoms with Crippen LogP contribution in [0.1, 0.15) is 35.4 Å². The number of guanidine groups is 1. The molecule has 2 N–H and O–H groups in total. The quantitative estimate of drug-likeness (QED) is 0.271. The van der Waals surface area contributed by atoms with Crippen molar-refractivity contribution < 1.29 is 4.79 Å². The number of aliphatic imine (C=N–C) groups is 1. The monoisotopic (exact) mass is 510 g/mol. The number of rotatable bonds is 6. The fourth-order valence-electron chi connectivity index (χ4n) is 3.64. The Balaban J connectivity index is 0.00000300. The van der Waals surface area contributed by atoms with Crippen LogP contribution < -0.4 is 15.5 Å². The lowest BCUT2D eigenvalue weighted by atomic mass is 10.2. The first-order valence-corrected chi connectivity index (χ1v) is 9.83. The van der Waals surface area contributed by atoms with Crippen LogP contribution in [0.25, 0.3) is 0 Å². The number of benzene rings is 1. The Kier molecular flexibility index (Phi) is 8.48. The fraction of sp³-hybridized carbons (Fsp3) is 0.476. The molecule has 0 bridgehead atoms. The predicted molar refractivity (Wildman–Crippen MR) is 128 cm³/mol. The van der Waals surface area contributed by atoms with Crippen molar-refractivity contribution in [3.05, 3.63) is 46.8 Å². The van der Waals surface area contributed by atoms with E-state index in [0.29, 0.717) is 19.5 Å². The zero-order valence-corrected chi connectivity index (χ0v) is 20.0. The summed E-state index contributed by atoms with van der Waals surface area (Å²) in [6.45, 7) is 6.25. The second-order valence-corrected chi connectivity index (χ2v) is 7.15. The Labute approximate surface area is 190 Å². The molecule has 0 radical (unpaired) electrons. The van der Waals surface area contributed by atoms with Crippen molar-refractivity contribution in [2.75, 3.05) is 25.0 Å². The minimum atomic E-state index is 0. The molecule has 1 amide bonds. The van der Waals surface area contributed by atoms with Crippen LogP contribution in [0.3, 0.4) is 0 Å². The number of halogens is 1. The molecule has 2 heterocycles. The first-order valence-electron chi connectivity index (χ1n) is 9.83. The van der Waals surface area contributed by atoms with Crippen molar-refractivity contribution in [3.63, 3.8) is 0 Å². The number of nitrogens with zero attached hydrogens (tertiary/aromatic N) is 4. The molecule has 0 saturated heterocycles. The second-order valence-electron chi connectivity index (χ2n) is 7.15. The number of nitrogens with one attached hydrogen (secondary N) is 2. The van der Waals surface area contributed by atoms with Gasteiger partial charge in [-0.25, -0.2) is 0 Å². The fourth-order valence-corrected chi connectivity index (χ4v) is 3.64. The van der Waals surface area contributed by atoms with Crippen LogP contribution >= 0.6 is 24.0 Å². The van der Waals surface area contributed by atoms with E-state index in [1.165, 1.54) is 11.1 Å². The lowest BCUT2D eigenvalue weighted by Gasteiger charge is -2.17. The number of fused-ring (bicyclic) bond motifs is 1. The summed E-state index contributed by atoms with van der Waals surface area (Å²) in [6, 6.07) is 8.16. The minimum Gasteiger partial charge on any atom is -0.356 e. The lowest BCUT2D eigenvalue weighted by Crippen LogP contribution is -2.38. The molecule has 2 aromatic rings. The molecule has 7 nitrogen and oxygen atoms in total. The van der Waals surface area contributed by atoms with Crippen molar-refractivity contribution >= 4 is 41.5 Å². The van der Waals surface area contributed by atoms with E-state index in [1.807, 2.05) is 41.8 Å². The molecule has 1 aliphatic rings. The van der Waals surface area contributed by atoms with E-state index in [0.717, 1.165) is 42.4 Å². The molecule has 3 rings (SSSR count). The van der Waals surface area contributed by atoms with Gasteiger partial charge in [-0.3, -0.25) is 14.5 Å². The van der Waals surface area contributed by atoms with Gasteiger partial charge in [-0.1, -0.05) is 18.2 Å². The first kappa shape index (κ1) is 23.2. The molecule has 8 heteroatoms. The van der Waals surface area contributed by atoms with Crippen molar-refractivity contribution in [1.29, 1.82) is 0 Å². The highest BCUT2D eigenvalue weighted by Gasteiger charge is 2.23. The number of aryl methyl sites for hydroxylation is 2. The van der Waals surface area contributed by atoms with Crippen molar-refractivity contribution in [2.24, 2.45) is 12.0 Å². The van der Waals surface area contributed by atoms with Crippen LogP contribution in [0, 0.1) is 13.8 Å². The summed E-state index contributed by atoms with van der Waals surface area (Å²) >= 11 is 0. The number of carbonyl (C=O) groups is 1. The molecule has 0 unspecified atom stereocenters. The Bertz CT molecular complexity index is 876. The normalized spacial score (nSPS) is 13.1. The third kappa shape index (κ3) is 5.49. The van der Waals surface area contributed by atoms with Crippen molar-refractivity contribution in [1.82, 2.24) is 20.4 Å². The topological polar surface area (TPSA) is 74.6 Å². The Morgan fingerprint density at radius 1 is 1.24 bits per heavy atom. The number of para-hydroxylation sites is 1. The molecule has 1 aromatic carbocycles. The number of aromatic nitrogens is 2. The van der Waals surface area contributed by atoms with Crippen LogP contribution in [-0.2, 0) is 24.8 Å². The van der Waals surface area contributed by atoms with Crippen LogP contribution in [0.4, 0.5) is 5.69 Å². The van der Waals surface area contributed by atoms with Crippen molar-refractivity contribution in [3.8, 4) is 0 Å². The Morgan fingerprint density at radius 3 is 2.69 bits per heavy atom. The summed E-state index contributed by atoms with van der Waals surface area (Å²) in [5.41, 5.74) is 5.70. The lowest BCUT2D eigenvalue weighted by molar-refractivity contribution is -0.118. The van der Waals surface area contributed by atoms with Gasteiger partial charge in [-0.15, -0.1) is 24.0 Å². The smallest absolute Gasteiger partial charge is 0.227 e. The average molecular weight is 510 g/mol. The predicted octanol–water partition coefficient (Wildman–Crippen LogP) is 2.69. The number of anilines is 1. The van der Waals surface area contributed by atoms with E-state index < -0.39 is 0 Å². The van der Waals surface area contributed by atoms with Gasteiger partial charge >= 0.3 is 0 Å². The van der Waals surface area contributed by atoms with Gasteiger partial charge in [-0.05, 0) is 38.3 Å². The molecule has 29 heavy (non-hydrogen) atoms. The third-order valence-corrected chi connectivity index (χ3v) is 5.36. The SMILES string of the molecule is CN=C(NCCCC(=O)N1CCc2ccccc21)NCc1c(C)nn(C)c1C.I. The van der Waals surface area contributed by atoms with Gasteiger partial charge in [-0.2, -0.15) is 5.10 Å². The minimum absolute atomic E-state index is 0. The average Bonchev–Trinajstić information content (AvgIpc) is 3.22. The molecule has 0 fully saturated rings. The molecule has 0 saturated carbocycles. The first-order chi connectivity index (χ1) is 13.5. The van der Waals surface area contributed by atoms with Gasteiger partial charge in [0, 0.05) is 57.1 Å². The zero-order valence-electron chi connectivity index (χ0n) is 17.7. The van der Waals surface area contributed by atoms with Gasteiger partial charge in [0.25, 0.3) is 0 Å². The number of hydrogen-bond donors (Lipinski definition) is 2. The molecule has 1 aromatic heterocycles. The molecule has 1 aliphatic heterocycles. The Hall–Kier alpha value is -2.10. The maximum absolute atomic E-state index is 12.6. The van der Waals surface area contributed by atoms with Gasteiger partial charge in [0.05, 0.1) is 5.69 Å². The maximum Gasteiger partial charge on any atom is 0.227 e. The van der Waals surface area contributed by atoms with E-state index in [-0.39, 0.29) is 29.9 Å².